The third-order valence-electron chi connectivity index (χ3n) is 3.74. The number of hydrogen-bond acceptors (Lipinski definition) is 2. The van der Waals surface area contributed by atoms with Crippen LogP contribution in [0, 0.1) is 11.8 Å². The number of rotatable bonds is 5. The summed E-state index contributed by atoms with van der Waals surface area (Å²) in [7, 11) is 3.99. The normalized spacial score (nSPS) is 25.0. The Kier molecular flexibility index (Phi) is 6.41. The van der Waals surface area contributed by atoms with Crippen LogP contribution in [-0.2, 0) is 4.79 Å². The molecule has 18 heavy (non-hydrogen) atoms. The van der Waals surface area contributed by atoms with Crippen molar-refractivity contribution in [3.05, 3.63) is 12.2 Å². The highest BCUT2D eigenvalue weighted by Gasteiger charge is 2.24. The van der Waals surface area contributed by atoms with Crippen LogP contribution in [0.25, 0.3) is 0 Å². The molecule has 1 saturated carbocycles. The fraction of sp³-hybridized carbons (Fsp3) is 0.800. The van der Waals surface area contributed by atoms with Gasteiger partial charge in [0.15, 0.2) is 0 Å². The van der Waals surface area contributed by atoms with Gasteiger partial charge in [-0.05, 0) is 38.8 Å². The van der Waals surface area contributed by atoms with Gasteiger partial charge in [-0.2, -0.15) is 0 Å². The maximum absolute atomic E-state index is 11.8. The number of carbonyl (C=O) groups excluding carboxylic acids is 1. The zero-order valence-corrected chi connectivity index (χ0v) is 12.3. The molecular formula is C15H28N2O. The molecule has 0 bridgehead atoms. The minimum atomic E-state index is 0.0613. The number of carbonyl (C=O) groups is 1. The maximum atomic E-state index is 11.8. The Morgan fingerprint density at radius 3 is 2.72 bits per heavy atom. The van der Waals surface area contributed by atoms with Gasteiger partial charge < -0.3 is 10.2 Å². The molecule has 2 atom stereocenters. The number of nitrogens with zero attached hydrogens (tertiary/aromatic N) is 1. The Morgan fingerprint density at radius 1 is 1.39 bits per heavy atom. The lowest BCUT2D eigenvalue weighted by Crippen LogP contribution is -2.38. The largest absolute Gasteiger partial charge is 0.350 e. The summed E-state index contributed by atoms with van der Waals surface area (Å²) in [5.41, 5.74) is 0. The highest BCUT2D eigenvalue weighted by Crippen LogP contribution is 2.29. The van der Waals surface area contributed by atoms with E-state index < -0.39 is 0 Å². The minimum Gasteiger partial charge on any atom is -0.350 e. The van der Waals surface area contributed by atoms with Gasteiger partial charge in [0.25, 0.3) is 0 Å². The molecule has 0 spiro atoms. The third kappa shape index (κ3) is 5.67. The van der Waals surface area contributed by atoms with Gasteiger partial charge in [0.2, 0.25) is 5.91 Å². The second-order valence-corrected chi connectivity index (χ2v) is 6.04. The van der Waals surface area contributed by atoms with Crippen molar-refractivity contribution < 1.29 is 4.79 Å². The van der Waals surface area contributed by atoms with Gasteiger partial charge in [-0.25, -0.2) is 0 Å². The molecule has 3 heteroatoms. The quantitative estimate of drug-likeness (QED) is 0.762. The van der Waals surface area contributed by atoms with E-state index in [1.165, 1.54) is 12.8 Å². The molecule has 0 aromatic rings. The molecule has 2 unspecified atom stereocenters. The van der Waals surface area contributed by atoms with E-state index in [1.54, 1.807) is 6.08 Å². The first-order valence-corrected chi connectivity index (χ1v) is 7.10. The molecule has 0 aliphatic heterocycles. The van der Waals surface area contributed by atoms with Crippen LogP contribution in [0.3, 0.4) is 0 Å². The van der Waals surface area contributed by atoms with E-state index in [1.807, 2.05) is 25.1 Å². The van der Waals surface area contributed by atoms with Crippen LogP contribution in [0.1, 0.15) is 39.5 Å². The zero-order valence-electron chi connectivity index (χ0n) is 12.3. The maximum Gasteiger partial charge on any atom is 0.243 e. The second-order valence-electron chi connectivity index (χ2n) is 6.04. The van der Waals surface area contributed by atoms with Crippen LogP contribution in [0.5, 0.6) is 0 Å². The number of likely N-dealkylation sites (N-methyl/N-ethyl adjacent to an activating group) is 1. The lowest BCUT2D eigenvalue weighted by molar-refractivity contribution is -0.117. The summed E-state index contributed by atoms with van der Waals surface area (Å²) in [6.45, 7) is 5.38. The number of amides is 1. The highest BCUT2D eigenvalue weighted by molar-refractivity contribution is 5.87. The average Bonchev–Trinajstić information content (AvgIpc) is 2.28. The minimum absolute atomic E-state index is 0.0613. The topological polar surface area (TPSA) is 32.3 Å². The van der Waals surface area contributed by atoms with Gasteiger partial charge in [-0.1, -0.05) is 32.8 Å². The van der Waals surface area contributed by atoms with Crippen molar-refractivity contribution >= 4 is 5.91 Å². The molecule has 3 nitrogen and oxygen atoms in total. The van der Waals surface area contributed by atoms with E-state index in [9.17, 15) is 4.79 Å². The first-order valence-electron chi connectivity index (χ1n) is 7.10. The molecule has 0 heterocycles. The van der Waals surface area contributed by atoms with Crippen molar-refractivity contribution in [2.75, 3.05) is 20.6 Å². The molecule has 1 N–H and O–H groups in total. The van der Waals surface area contributed by atoms with Crippen LogP contribution in [-0.4, -0.2) is 37.5 Å². The van der Waals surface area contributed by atoms with Gasteiger partial charge in [0, 0.05) is 18.7 Å². The summed E-state index contributed by atoms with van der Waals surface area (Å²) in [6.07, 6.45) is 8.42. The van der Waals surface area contributed by atoms with E-state index in [0.717, 1.165) is 31.2 Å². The summed E-state index contributed by atoms with van der Waals surface area (Å²) in [5, 5.41) is 3.13. The van der Waals surface area contributed by atoms with Gasteiger partial charge in [0.05, 0.1) is 0 Å². The van der Waals surface area contributed by atoms with Gasteiger partial charge in [0.1, 0.15) is 0 Å². The lowest BCUT2D eigenvalue weighted by Gasteiger charge is -2.31. The van der Waals surface area contributed by atoms with Crippen molar-refractivity contribution in [1.82, 2.24) is 10.2 Å². The Hall–Kier alpha value is -0.830. The van der Waals surface area contributed by atoms with E-state index in [2.05, 4.69) is 19.2 Å². The Morgan fingerprint density at radius 2 is 2.11 bits per heavy atom. The Labute approximate surface area is 112 Å². The first kappa shape index (κ1) is 15.2. The van der Waals surface area contributed by atoms with Gasteiger partial charge >= 0.3 is 0 Å². The summed E-state index contributed by atoms with van der Waals surface area (Å²) < 4.78 is 0. The van der Waals surface area contributed by atoms with Crippen LogP contribution >= 0.6 is 0 Å². The standard InChI is InChI=1S/C15H28N2O/c1-12(2)13-7-5-8-14(11-13)16-15(18)9-6-10-17(3)4/h6,9,12-14H,5,7-8,10-11H2,1-4H3,(H,16,18)/b9-6+. The molecule has 0 aromatic carbocycles. The average molecular weight is 252 g/mol. The molecule has 1 rings (SSSR count). The zero-order chi connectivity index (χ0) is 13.5. The fourth-order valence-corrected chi connectivity index (χ4v) is 2.58. The van der Waals surface area contributed by atoms with Crippen molar-refractivity contribution in [2.45, 2.75) is 45.6 Å². The van der Waals surface area contributed by atoms with Gasteiger partial charge in [-0.15, -0.1) is 0 Å². The smallest absolute Gasteiger partial charge is 0.243 e. The molecule has 1 aliphatic rings. The number of hydrogen-bond donors (Lipinski definition) is 1. The molecule has 1 fully saturated rings. The molecule has 0 radical (unpaired) electrons. The number of nitrogens with one attached hydrogen (secondary N) is 1. The molecule has 104 valence electrons. The van der Waals surface area contributed by atoms with E-state index in [0.29, 0.717) is 6.04 Å². The van der Waals surface area contributed by atoms with Crippen molar-refractivity contribution in [1.29, 1.82) is 0 Å². The lowest BCUT2D eigenvalue weighted by atomic mass is 9.79. The molecule has 0 aromatic heterocycles. The molecule has 1 aliphatic carbocycles. The predicted octanol–water partition coefficient (Wildman–Crippen LogP) is 2.44. The van der Waals surface area contributed by atoms with E-state index in [4.69, 9.17) is 0 Å². The van der Waals surface area contributed by atoms with Crippen LogP contribution in [0.2, 0.25) is 0 Å². The van der Waals surface area contributed by atoms with Crippen molar-refractivity contribution in [3.63, 3.8) is 0 Å². The molecule has 1 amide bonds. The van der Waals surface area contributed by atoms with Crippen molar-refractivity contribution in [2.24, 2.45) is 11.8 Å². The highest BCUT2D eigenvalue weighted by atomic mass is 16.1. The van der Waals surface area contributed by atoms with Crippen LogP contribution in [0.15, 0.2) is 12.2 Å². The summed E-state index contributed by atoms with van der Waals surface area (Å²) >= 11 is 0. The summed E-state index contributed by atoms with van der Waals surface area (Å²) in [6, 6.07) is 0.377. The first-order chi connectivity index (χ1) is 8.49. The predicted molar refractivity (Wildman–Crippen MR) is 76.4 cm³/mol. The van der Waals surface area contributed by atoms with E-state index >= 15 is 0 Å². The Bertz CT molecular complexity index is 284. The molecular weight excluding hydrogens is 224 g/mol. The van der Waals surface area contributed by atoms with Crippen LogP contribution < -0.4 is 5.32 Å². The summed E-state index contributed by atoms with van der Waals surface area (Å²) in [5.74, 6) is 1.56. The summed E-state index contributed by atoms with van der Waals surface area (Å²) in [4.78, 5) is 13.8. The SMILES string of the molecule is CC(C)C1CCCC(NC(=O)/C=C/CN(C)C)C1. The fourth-order valence-electron chi connectivity index (χ4n) is 2.58. The van der Waals surface area contributed by atoms with Gasteiger partial charge in [-0.3, -0.25) is 4.79 Å². The second kappa shape index (κ2) is 7.57. The van der Waals surface area contributed by atoms with E-state index in [-0.39, 0.29) is 5.91 Å². The van der Waals surface area contributed by atoms with Crippen molar-refractivity contribution in [3.8, 4) is 0 Å². The third-order valence-corrected chi connectivity index (χ3v) is 3.74. The van der Waals surface area contributed by atoms with Crippen LogP contribution in [0.4, 0.5) is 0 Å². The Balaban J connectivity index is 2.33. The molecule has 0 saturated heterocycles. The monoisotopic (exact) mass is 252 g/mol.